The molecule has 0 unspecified atom stereocenters. The molecule has 0 aliphatic carbocycles. The Morgan fingerprint density at radius 1 is 1.05 bits per heavy atom. The van der Waals surface area contributed by atoms with Crippen LogP contribution in [0.25, 0.3) is 0 Å². The standard InChI is InChI=1S/C14H17BrN2O2S2/c15-14-7-6-13(20-14)11-16-8-9-21(18,19)17-10-12-4-2-1-3-5-12/h1-7,16-17H,8-11H2. The minimum atomic E-state index is -3.25. The summed E-state index contributed by atoms with van der Waals surface area (Å²) in [5, 5.41) is 3.14. The van der Waals surface area contributed by atoms with Crippen LogP contribution < -0.4 is 10.0 Å². The number of hydrogen-bond acceptors (Lipinski definition) is 4. The summed E-state index contributed by atoms with van der Waals surface area (Å²) in [6.07, 6.45) is 0. The average Bonchev–Trinajstić information content (AvgIpc) is 2.88. The van der Waals surface area contributed by atoms with Crippen molar-refractivity contribution in [1.29, 1.82) is 0 Å². The summed E-state index contributed by atoms with van der Waals surface area (Å²) in [5.41, 5.74) is 0.956. The van der Waals surface area contributed by atoms with Crippen LogP contribution in [-0.4, -0.2) is 20.7 Å². The normalized spacial score (nSPS) is 11.7. The third kappa shape index (κ3) is 6.27. The first-order chi connectivity index (χ1) is 10.1. The molecule has 0 aliphatic rings. The zero-order valence-corrected chi connectivity index (χ0v) is 14.6. The maximum atomic E-state index is 11.9. The van der Waals surface area contributed by atoms with Gasteiger partial charge >= 0.3 is 0 Å². The van der Waals surface area contributed by atoms with Crippen molar-refractivity contribution in [2.24, 2.45) is 0 Å². The van der Waals surface area contributed by atoms with E-state index in [1.807, 2.05) is 42.5 Å². The zero-order chi connectivity index (χ0) is 15.1. The molecular formula is C14H17BrN2O2S2. The SMILES string of the molecule is O=S(=O)(CCNCc1ccc(Br)s1)NCc1ccccc1. The van der Waals surface area contributed by atoms with Gasteiger partial charge in [-0.05, 0) is 33.6 Å². The van der Waals surface area contributed by atoms with Gasteiger partial charge in [0.1, 0.15) is 0 Å². The predicted molar refractivity (Wildman–Crippen MR) is 90.8 cm³/mol. The molecular weight excluding hydrogens is 372 g/mol. The van der Waals surface area contributed by atoms with Crippen LogP contribution >= 0.6 is 27.3 Å². The van der Waals surface area contributed by atoms with Crippen molar-refractivity contribution >= 4 is 37.3 Å². The van der Waals surface area contributed by atoms with Crippen LogP contribution in [0.2, 0.25) is 0 Å². The lowest BCUT2D eigenvalue weighted by molar-refractivity contribution is 0.576. The van der Waals surface area contributed by atoms with Gasteiger partial charge in [-0.15, -0.1) is 11.3 Å². The average molecular weight is 389 g/mol. The van der Waals surface area contributed by atoms with Crippen molar-refractivity contribution < 1.29 is 8.42 Å². The van der Waals surface area contributed by atoms with E-state index in [-0.39, 0.29) is 5.75 Å². The van der Waals surface area contributed by atoms with Crippen LogP contribution in [-0.2, 0) is 23.1 Å². The lowest BCUT2D eigenvalue weighted by atomic mass is 10.2. The van der Waals surface area contributed by atoms with E-state index in [2.05, 4.69) is 26.0 Å². The Hall–Kier alpha value is -0.730. The number of thiophene rings is 1. The first-order valence-corrected chi connectivity index (χ1v) is 9.77. The first kappa shape index (κ1) is 16.6. The molecule has 0 spiro atoms. The lowest BCUT2D eigenvalue weighted by Gasteiger charge is -2.07. The molecule has 1 aromatic heterocycles. The number of rotatable bonds is 8. The number of halogens is 1. The fourth-order valence-corrected chi connectivity index (χ4v) is 4.12. The highest BCUT2D eigenvalue weighted by Gasteiger charge is 2.09. The third-order valence-corrected chi connectivity index (χ3v) is 5.76. The molecule has 1 aromatic carbocycles. The Bertz CT molecular complexity index is 657. The smallest absolute Gasteiger partial charge is 0.213 e. The fourth-order valence-electron chi connectivity index (χ4n) is 1.73. The van der Waals surface area contributed by atoms with Gasteiger partial charge in [-0.2, -0.15) is 0 Å². The highest BCUT2D eigenvalue weighted by molar-refractivity contribution is 9.11. The summed E-state index contributed by atoms with van der Waals surface area (Å²) in [7, 11) is -3.25. The lowest BCUT2D eigenvalue weighted by Crippen LogP contribution is -2.31. The molecule has 114 valence electrons. The Kier molecular flexibility index (Phi) is 6.38. The van der Waals surface area contributed by atoms with Crippen LogP contribution in [0, 0.1) is 0 Å². The Balaban J connectivity index is 1.69. The summed E-state index contributed by atoms with van der Waals surface area (Å²) < 4.78 is 27.4. The van der Waals surface area contributed by atoms with E-state index in [1.54, 1.807) is 11.3 Å². The molecule has 0 aliphatic heterocycles. The van der Waals surface area contributed by atoms with Crippen molar-refractivity contribution in [3.63, 3.8) is 0 Å². The Morgan fingerprint density at radius 3 is 2.48 bits per heavy atom. The number of hydrogen-bond donors (Lipinski definition) is 2. The highest BCUT2D eigenvalue weighted by Crippen LogP contribution is 2.21. The van der Waals surface area contributed by atoms with Gasteiger partial charge in [0.25, 0.3) is 0 Å². The molecule has 0 radical (unpaired) electrons. The van der Waals surface area contributed by atoms with Crippen molar-refractivity contribution in [3.8, 4) is 0 Å². The summed E-state index contributed by atoms with van der Waals surface area (Å²) in [6.45, 7) is 1.45. The molecule has 21 heavy (non-hydrogen) atoms. The van der Waals surface area contributed by atoms with E-state index in [1.165, 1.54) is 4.88 Å². The second-order valence-corrected chi connectivity index (χ2v) is 8.98. The van der Waals surface area contributed by atoms with Gasteiger partial charge in [-0.3, -0.25) is 0 Å². The molecule has 1 heterocycles. The second-order valence-electron chi connectivity index (χ2n) is 4.51. The molecule has 0 saturated carbocycles. The van der Waals surface area contributed by atoms with Gasteiger partial charge in [-0.1, -0.05) is 30.3 Å². The van der Waals surface area contributed by atoms with E-state index in [0.717, 1.165) is 9.35 Å². The van der Waals surface area contributed by atoms with E-state index in [0.29, 0.717) is 19.6 Å². The molecule has 7 heteroatoms. The summed E-state index contributed by atoms with van der Waals surface area (Å²) in [5.74, 6) is 0.0758. The van der Waals surface area contributed by atoms with Gasteiger partial charge in [0.15, 0.2) is 0 Å². The zero-order valence-electron chi connectivity index (χ0n) is 11.4. The molecule has 2 N–H and O–H groups in total. The minimum absolute atomic E-state index is 0.0758. The van der Waals surface area contributed by atoms with Crippen LogP contribution in [0.1, 0.15) is 10.4 Å². The van der Waals surface area contributed by atoms with E-state index in [4.69, 9.17) is 0 Å². The number of benzene rings is 1. The van der Waals surface area contributed by atoms with Crippen molar-refractivity contribution in [2.75, 3.05) is 12.3 Å². The molecule has 0 fully saturated rings. The maximum absolute atomic E-state index is 11.9. The third-order valence-electron chi connectivity index (χ3n) is 2.81. The van der Waals surface area contributed by atoms with Gasteiger partial charge in [0.05, 0.1) is 9.54 Å². The topological polar surface area (TPSA) is 58.2 Å². The summed E-state index contributed by atoms with van der Waals surface area (Å²) in [6, 6.07) is 13.5. The van der Waals surface area contributed by atoms with E-state index >= 15 is 0 Å². The number of nitrogens with one attached hydrogen (secondary N) is 2. The quantitative estimate of drug-likeness (QED) is 0.683. The van der Waals surface area contributed by atoms with Gasteiger partial charge in [0.2, 0.25) is 10.0 Å². The van der Waals surface area contributed by atoms with Crippen LogP contribution in [0.3, 0.4) is 0 Å². The van der Waals surface area contributed by atoms with Crippen molar-refractivity contribution in [2.45, 2.75) is 13.1 Å². The maximum Gasteiger partial charge on any atom is 0.213 e. The molecule has 0 bridgehead atoms. The largest absolute Gasteiger partial charge is 0.311 e. The minimum Gasteiger partial charge on any atom is -0.311 e. The molecule has 0 amide bonds. The van der Waals surface area contributed by atoms with Crippen LogP contribution in [0.4, 0.5) is 0 Å². The molecule has 2 rings (SSSR count). The second kappa shape index (κ2) is 8.05. The predicted octanol–water partition coefficient (Wildman–Crippen LogP) is 2.72. The molecule has 2 aromatic rings. The number of sulfonamides is 1. The Labute approximate surface area is 137 Å². The highest BCUT2D eigenvalue weighted by atomic mass is 79.9. The van der Waals surface area contributed by atoms with Crippen molar-refractivity contribution in [3.05, 3.63) is 56.7 Å². The van der Waals surface area contributed by atoms with Crippen LogP contribution in [0.15, 0.2) is 46.3 Å². The first-order valence-electron chi connectivity index (χ1n) is 6.51. The monoisotopic (exact) mass is 388 g/mol. The van der Waals surface area contributed by atoms with Gasteiger partial charge in [-0.25, -0.2) is 13.1 Å². The summed E-state index contributed by atoms with van der Waals surface area (Å²) >= 11 is 5.04. The van der Waals surface area contributed by atoms with Crippen molar-refractivity contribution in [1.82, 2.24) is 10.0 Å². The molecule has 4 nitrogen and oxygen atoms in total. The molecule has 0 atom stereocenters. The van der Waals surface area contributed by atoms with Crippen LogP contribution in [0.5, 0.6) is 0 Å². The van der Waals surface area contributed by atoms with Gasteiger partial charge < -0.3 is 5.32 Å². The fraction of sp³-hybridized carbons (Fsp3) is 0.286. The Morgan fingerprint density at radius 2 is 1.81 bits per heavy atom. The summed E-state index contributed by atoms with van der Waals surface area (Å²) in [4.78, 5) is 1.18. The van der Waals surface area contributed by atoms with Gasteiger partial charge in [0, 0.05) is 24.5 Å². The molecule has 0 saturated heterocycles. The van der Waals surface area contributed by atoms with E-state index < -0.39 is 10.0 Å². The van der Waals surface area contributed by atoms with E-state index in [9.17, 15) is 8.42 Å².